The fourth-order valence-corrected chi connectivity index (χ4v) is 7.98. The minimum atomic E-state index is -0.149. The zero-order valence-corrected chi connectivity index (χ0v) is 19.7. The summed E-state index contributed by atoms with van der Waals surface area (Å²) in [5.41, 5.74) is 1.71. The topological polar surface area (TPSA) is 29.6 Å². The van der Waals surface area contributed by atoms with Crippen LogP contribution in [0.2, 0.25) is 0 Å². The normalized spacial score (nSPS) is 48.6. The third kappa shape index (κ3) is 2.81. The van der Waals surface area contributed by atoms with Gasteiger partial charge in [0.15, 0.2) is 5.78 Å². The lowest BCUT2D eigenvalue weighted by Gasteiger charge is -2.55. The van der Waals surface area contributed by atoms with E-state index >= 15 is 0 Å². The van der Waals surface area contributed by atoms with E-state index in [0.29, 0.717) is 35.0 Å². The van der Waals surface area contributed by atoms with Crippen molar-refractivity contribution in [2.75, 3.05) is 0 Å². The zero-order chi connectivity index (χ0) is 21.4. The molecule has 1 aliphatic heterocycles. The van der Waals surface area contributed by atoms with E-state index in [9.17, 15) is 4.79 Å². The van der Waals surface area contributed by atoms with Crippen molar-refractivity contribution in [3.63, 3.8) is 0 Å². The molecule has 10 atom stereocenters. The van der Waals surface area contributed by atoms with Crippen molar-refractivity contribution in [3.05, 3.63) is 36.0 Å². The van der Waals surface area contributed by atoms with Gasteiger partial charge in [-0.3, -0.25) is 4.79 Å². The lowest BCUT2D eigenvalue weighted by molar-refractivity contribution is -0.116. The first kappa shape index (κ1) is 20.7. The second-order valence-electron chi connectivity index (χ2n) is 12.0. The number of rotatable bonds is 4. The van der Waals surface area contributed by atoms with Crippen LogP contribution in [0, 0.1) is 52.3 Å². The molecule has 1 saturated heterocycles. The van der Waals surface area contributed by atoms with E-state index in [1.165, 1.54) is 31.3 Å². The number of carbonyl (C=O) groups excluding carboxylic acids is 1. The molecule has 0 amide bonds. The molecule has 1 heterocycles. The molecule has 0 aromatic carbocycles. The second-order valence-corrected chi connectivity index (χ2v) is 12.0. The molecule has 30 heavy (non-hydrogen) atoms. The molecule has 2 nitrogen and oxygen atoms in total. The largest absolute Gasteiger partial charge is 0.360 e. The summed E-state index contributed by atoms with van der Waals surface area (Å²) in [4.78, 5) is 12.3. The average molecular weight is 409 g/mol. The summed E-state index contributed by atoms with van der Waals surface area (Å²) in [6, 6.07) is 0. The van der Waals surface area contributed by atoms with E-state index in [2.05, 4.69) is 65.8 Å². The monoisotopic (exact) mass is 408 g/mol. The third-order valence-electron chi connectivity index (χ3n) is 10.4. The number of fused-ring (bicyclic) bond motifs is 7. The lowest BCUT2D eigenvalue weighted by atomic mass is 9.48. The summed E-state index contributed by atoms with van der Waals surface area (Å²) in [6.45, 7) is 14.4. The standard InChI is InChI=1S/C28H40O2/c1-16(2)17(3)7-8-18(4)21-11-12-22-20-10-9-19-15-24(29)25-26(30-25)28(19,6)23(20)13-14-27(21,22)5/h7-10,15-18,20-23,25-26H,11-14H2,1-6H3/b8-7+/t17-,18+,20?,21+,22?,23?,25-,26-,27+,28-/m0/s1. The van der Waals surface area contributed by atoms with E-state index in [0.717, 1.165) is 11.8 Å². The maximum Gasteiger partial charge on any atom is 0.187 e. The van der Waals surface area contributed by atoms with Crippen LogP contribution in [0.15, 0.2) is 36.0 Å². The minimum Gasteiger partial charge on any atom is -0.360 e. The summed E-state index contributed by atoms with van der Waals surface area (Å²) in [5, 5.41) is 0. The molecule has 3 fully saturated rings. The Morgan fingerprint density at radius 1 is 1.07 bits per heavy atom. The molecule has 0 bridgehead atoms. The molecule has 164 valence electrons. The van der Waals surface area contributed by atoms with Crippen LogP contribution < -0.4 is 0 Å². The van der Waals surface area contributed by atoms with Crippen LogP contribution in [-0.4, -0.2) is 18.0 Å². The van der Waals surface area contributed by atoms with Gasteiger partial charge >= 0.3 is 0 Å². The SMILES string of the molecule is CC(C)[C@@H](C)/C=C/[C@@H](C)[C@H]1CCC2C3C=CC4=CC(=O)[C@@H]5O[C@@H]5[C@]4(C)C3CC[C@@]21C. The van der Waals surface area contributed by atoms with E-state index in [-0.39, 0.29) is 23.4 Å². The quantitative estimate of drug-likeness (QED) is 0.399. The number of ether oxygens (including phenoxy) is 1. The Hall–Kier alpha value is -1.15. The molecule has 5 aliphatic rings. The molecule has 3 unspecified atom stereocenters. The molecule has 5 rings (SSSR count). The average Bonchev–Trinajstić information content (AvgIpc) is 3.44. The Balaban J connectivity index is 1.40. The predicted octanol–water partition coefficient (Wildman–Crippen LogP) is 6.38. The van der Waals surface area contributed by atoms with Crippen LogP contribution in [0.25, 0.3) is 0 Å². The van der Waals surface area contributed by atoms with E-state index < -0.39 is 0 Å². The van der Waals surface area contributed by atoms with Crippen molar-refractivity contribution in [3.8, 4) is 0 Å². The van der Waals surface area contributed by atoms with Crippen LogP contribution in [0.5, 0.6) is 0 Å². The summed E-state index contributed by atoms with van der Waals surface area (Å²) in [6.07, 6.45) is 17.0. The highest BCUT2D eigenvalue weighted by atomic mass is 16.6. The number of hydrogen-bond acceptors (Lipinski definition) is 2. The van der Waals surface area contributed by atoms with Crippen LogP contribution in [0.4, 0.5) is 0 Å². The van der Waals surface area contributed by atoms with Gasteiger partial charge in [0, 0.05) is 5.41 Å². The molecule has 0 aromatic heterocycles. The number of carbonyl (C=O) groups is 1. The van der Waals surface area contributed by atoms with Crippen LogP contribution >= 0.6 is 0 Å². The van der Waals surface area contributed by atoms with Crippen molar-refractivity contribution in [2.24, 2.45) is 52.3 Å². The van der Waals surface area contributed by atoms with E-state index in [1.54, 1.807) is 0 Å². The maximum atomic E-state index is 12.3. The van der Waals surface area contributed by atoms with Crippen molar-refractivity contribution < 1.29 is 9.53 Å². The molecular weight excluding hydrogens is 368 g/mol. The van der Waals surface area contributed by atoms with Gasteiger partial charge in [0.25, 0.3) is 0 Å². The molecule has 0 aromatic rings. The summed E-state index contributed by atoms with van der Waals surface area (Å²) < 4.78 is 5.94. The Morgan fingerprint density at radius 3 is 2.57 bits per heavy atom. The smallest absolute Gasteiger partial charge is 0.187 e. The fourth-order valence-electron chi connectivity index (χ4n) is 7.98. The Bertz CT molecular complexity index is 818. The summed E-state index contributed by atoms with van der Waals surface area (Å²) in [5.74, 6) is 5.02. The molecule has 0 radical (unpaired) electrons. The van der Waals surface area contributed by atoms with Gasteiger partial charge in [0.2, 0.25) is 0 Å². The van der Waals surface area contributed by atoms with Crippen LogP contribution in [0.1, 0.15) is 67.2 Å². The van der Waals surface area contributed by atoms with Gasteiger partial charge in [0.05, 0.1) is 0 Å². The fraction of sp³-hybridized carbons (Fsp3) is 0.750. The maximum absolute atomic E-state index is 12.3. The first-order valence-corrected chi connectivity index (χ1v) is 12.5. The Labute approximate surface area is 183 Å². The van der Waals surface area contributed by atoms with Gasteiger partial charge in [-0.05, 0) is 84.2 Å². The lowest BCUT2D eigenvalue weighted by Crippen LogP contribution is -2.51. The Morgan fingerprint density at radius 2 is 1.83 bits per heavy atom. The highest BCUT2D eigenvalue weighted by Crippen LogP contribution is 2.67. The van der Waals surface area contributed by atoms with Gasteiger partial charge in [-0.1, -0.05) is 65.8 Å². The first-order valence-electron chi connectivity index (χ1n) is 12.5. The zero-order valence-electron chi connectivity index (χ0n) is 19.7. The van der Waals surface area contributed by atoms with Crippen molar-refractivity contribution in [1.29, 1.82) is 0 Å². The molecule has 0 N–H and O–H groups in total. The first-order chi connectivity index (χ1) is 14.2. The van der Waals surface area contributed by atoms with Crippen LogP contribution in [-0.2, 0) is 9.53 Å². The minimum absolute atomic E-state index is 0.0373. The molecule has 2 heteroatoms. The van der Waals surface area contributed by atoms with Gasteiger partial charge in [-0.15, -0.1) is 0 Å². The highest BCUT2D eigenvalue weighted by Gasteiger charge is 2.66. The number of allylic oxidation sites excluding steroid dienone is 4. The second kappa shape index (κ2) is 6.92. The third-order valence-corrected chi connectivity index (χ3v) is 10.4. The summed E-state index contributed by atoms with van der Waals surface area (Å²) in [7, 11) is 0. The van der Waals surface area contributed by atoms with Gasteiger partial charge in [0.1, 0.15) is 12.2 Å². The number of ketones is 1. The van der Waals surface area contributed by atoms with Crippen molar-refractivity contribution >= 4 is 5.78 Å². The molecule has 2 saturated carbocycles. The Kier molecular flexibility index (Phi) is 4.79. The number of hydrogen-bond donors (Lipinski definition) is 0. The summed E-state index contributed by atoms with van der Waals surface area (Å²) >= 11 is 0. The number of epoxide rings is 1. The van der Waals surface area contributed by atoms with E-state index in [4.69, 9.17) is 4.74 Å². The van der Waals surface area contributed by atoms with Crippen molar-refractivity contribution in [2.45, 2.75) is 79.4 Å². The predicted molar refractivity (Wildman–Crippen MR) is 122 cm³/mol. The molecule has 4 aliphatic carbocycles. The van der Waals surface area contributed by atoms with Crippen LogP contribution in [0.3, 0.4) is 0 Å². The van der Waals surface area contributed by atoms with Gasteiger partial charge < -0.3 is 4.74 Å². The van der Waals surface area contributed by atoms with Gasteiger partial charge in [-0.2, -0.15) is 0 Å². The highest BCUT2D eigenvalue weighted by molar-refractivity contribution is 5.98. The van der Waals surface area contributed by atoms with Gasteiger partial charge in [-0.25, -0.2) is 0 Å². The van der Waals surface area contributed by atoms with Crippen molar-refractivity contribution in [1.82, 2.24) is 0 Å². The van der Waals surface area contributed by atoms with E-state index in [1.807, 2.05) is 6.08 Å². The molecule has 0 spiro atoms. The molecular formula is C28H40O2.